The van der Waals surface area contributed by atoms with Gasteiger partial charge in [-0.2, -0.15) is 8.78 Å². The van der Waals surface area contributed by atoms with Crippen LogP contribution in [0.25, 0.3) is 16.9 Å². The molecule has 0 radical (unpaired) electrons. The largest absolute Gasteiger partial charge is 0.433 e. The predicted octanol–water partition coefficient (Wildman–Crippen LogP) is 5.18. The fourth-order valence-corrected chi connectivity index (χ4v) is 3.59. The number of rotatable bonds is 5. The lowest BCUT2D eigenvalue weighted by Gasteiger charge is -2.16. The zero-order valence-electron chi connectivity index (χ0n) is 16.4. The van der Waals surface area contributed by atoms with Gasteiger partial charge in [0.15, 0.2) is 5.82 Å². The standard InChI is InChI=1S/C20H22ClF2N3O2/c1-6-25-18(14-9-15(21)16(7-11(14)4)28-20(22)23)24-26-12(5)8-13(10(2)3)17(26)19(25)27/h7-10,20H,6H2,1-5H3. The molecular formula is C20H22ClF2N3O2. The van der Waals surface area contributed by atoms with Gasteiger partial charge in [-0.15, -0.1) is 5.10 Å². The topological polar surface area (TPSA) is 48.5 Å². The molecule has 0 amide bonds. The van der Waals surface area contributed by atoms with Crippen molar-refractivity contribution in [2.75, 3.05) is 0 Å². The SMILES string of the molecule is CCn1c(-c2cc(Cl)c(OC(F)F)cc2C)nn2c(C)cc(C(C)C)c2c1=O. The highest BCUT2D eigenvalue weighted by molar-refractivity contribution is 6.32. The highest BCUT2D eigenvalue weighted by atomic mass is 35.5. The quantitative estimate of drug-likeness (QED) is 0.583. The molecule has 0 aliphatic carbocycles. The smallest absolute Gasteiger partial charge is 0.387 e. The minimum absolute atomic E-state index is 0.0324. The number of ether oxygens (including phenoxy) is 1. The second-order valence-electron chi connectivity index (χ2n) is 7.01. The molecule has 2 heterocycles. The van der Waals surface area contributed by atoms with Gasteiger partial charge in [0.1, 0.15) is 11.3 Å². The molecular weight excluding hydrogens is 388 g/mol. The average molecular weight is 410 g/mol. The Bertz CT molecular complexity index is 1100. The zero-order valence-corrected chi connectivity index (χ0v) is 17.1. The summed E-state index contributed by atoms with van der Waals surface area (Å²) >= 11 is 6.15. The van der Waals surface area contributed by atoms with Crippen LogP contribution >= 0.6 is 11.6 Å². The van der Waals surface area contributed by atoms with Gasteiger partial charge in [-0.25, -0.2) is 4.52 Å². The van der Waals surface area contributed by atoms with Crippen LogP contribution in [0, 0.1) is 13.8 Å². The van der Waals surface area contributed by atoms with Crippen molar-refractivity contribution in [1.82, 2.24) is 14.2 Å². The van der Waals surface area contributed by atoms with Crippen LogP contribution in [0.3, 0.4) is 0 Å². The molecule has 0 saturated heterocycles. The molecule has 3 rings (SSSR count). The van der Waals surface area contributed by atoms with Crippen LogP contribution in [0.4, 0.5) is 8.78 Å². The molecule has 5 nitrogen and oxygen atoms in total. The number of aryl methyl sites for hydroxylation is 2. The van der Waals surface area contributed by atoms with E-state index in [1.54, 1.807) is 16.0 Å². The lowest BCUT2D eigenvalue weighted by atomic mass is 10.1. The van der Waals surface area contributed by atoms with Gasteiger partial charge < -0.3 is 4.74 Å². The molecule has 2 aromatic heterocycles. The molecule has 150 valence electrons. The molecule has 0 fully saturated rings. The minimum Gasteiger partial charge on any atom is -0.433 e. The van der Waals surface area contributed by atoms with E-state index in [9.17, 15) is 13.6 Å². The van der Waals surface area contributed by atoms with Crippen LogP contribution in [-0.4, -0.2) is 20.8 Å². The second kappa shape index (κ2) is 7.54. The summed E-state index contributed by atoms with van der Waals surface area (Å²) in [5.74, 6) is 0.497. The highest BCUT2D eigenvalue weighted by Crippen LogP contribution is 2.34. The van der Waals surface area contributed by atoms with E-state index in [0.717, 1.165) is 11.3 Å². The summed E-state index contributed by atoms with van der Waals surface area (Å²) in [5, 5.41) is 4.74. The lowest BCUT2D eigenvalue weighted by Crippen LogP contribution is -2.26. The molecule has 0 N–H and O–H groups in total. The first-order valence-corrected chi connectivity index (χ1v) is 9.41. The van der Waals surface area contributed by atoms with Crippen molar-refractivity contribution < 1.29 is 13.5 Å². The van der Waals surface area contributed by atoms with Gasteiger partial charge >= 0.3 is 6.61 Å². The van der Waals surface area contributed by atoms with Gasteiger partial charge in [-0.1, -0.05) is 25.4 Å². The van der Waals surface area contributed by atoms with Crippen molar-refractivity contribution in [3.63, 3.8) is 0 Å². The second-order valence-corrected chi connectivity index (χ2v) is 7.41. The fourth-order valence-electron chi connectivity index (χ4n) is 3.38. The Kier molecular flexibility index (Phi) is 5.48. The maximum atomic E-state index is 13.2. The summed E-state index contributed by atoms with van der Waals surface area (Å²) < 4.78 is 32.8. The summed E-state index contributed by atoms with van der Waals surface area (Å²) in [7, 11) is 0. The number of hydrogen-bond donors (Lipinski definition) is 0. The molecule has 3 aromatic rings. The maximum Gasteiger partial charge on any atom is 0.387 e. The number of fused-ring (bicyclic) bond motifs is 1. The molecule has 8 heteroatoms. The van der Waals surface area contributed by atoms with Gasteiger partial charge in [-0.05, 0) is 56.0 Å². The molecule has 0 spiro atoms. The molecule has 0 aliphatic heterocycles. The summed E-state index contributed by atoms with van der Waals surface area (Å²) in [6, 6.07) is 4.91. The Morgan fingerprint density at radius 2 is 1.89 bits per heavy atom. The number of hydrogen-bond acceptors (Lipinski definition) is 3. The van der Waals surface area contributed by atoms with Crippen molar-refractivity contribution in [2.45, 2.75) is 53.7 Å². The van der Waals surface area contributed by atoms with Crippen LogP contribution in [-0.2, 0) is 6.54 Å². The van der Waals surface area contributed by atoms with Crippen LogP contribution in [0.1, 0.15) is 43.5 Å². The summed E-state index contributed by atoms with van der Waals surface area (Å²) in [6.45, 7) is 7.00. The normalized spacial score (nSPS) is 11.8. The van der Waals surface area contributed by atoms with E-state index < -0.39 is 6.61 Å². The van der Waals surface area contributed by atoms with Gasteiger partial charge in [0.2, 0.25) is 0 Å². The van der Waals surface area contributed by atoms with E-state index in [0.29, 0.717) is 29.0 Å². The monoisotopic (exact) mass is 409 g/mol. The van der Waals surface area contributed by atoms with E-state index >= 15 is 0 Å². The van der Waals surface area contributed by atoms with E-state index in [-0.39, 0.29) is 22.2 Å². The molecule has 0 saturated carbocycles. The first kappa shape index (κ1) is 20.3. The number of nitrogens with zero attached hydrogens (tertiary/aromatic N) is 3. The number of alkyl halides is 2. The van der Waals surface area contributed by atoms with Crippen LogP contribution < -0.4 is 10.3 Å². The summed E-state index contributed by atoms with van der Waals surface area (Å²) in [5.41, 5.74) is 3.42. The lowest BCUT2D eigenvalue weighted by molar-refractivity contribution is -0.0498. The minimum atomic E-state index is -2.97. The van der Waals surface area contributed by atoms with Crippen LogP contribution in [0.15, 0.2) is 23.0 Å². The first-order chi connectivity index (χ1) is 13.1. The van der Waals surface area contributed by atoms with Gasteiger partial charge in [0.05, 0.1) is 5.02 Å². The van der Waals surface area contributed by atoms with Gasteiger partial charge in [0, 0.05) is 17.8 Å². The third-order valence-electron chi connectivity index (χ3n) is 4.76. The Labute approximate surface area is 166 Å². The molecule has 0 unspecified atom stereocenters. The number of aromatic nitrogens is 3. The highest BCUT2D eigenvalue weighted by Gasteiger charge is 2.21. The van der Waals surface area contributed by atoms with Crippen LogP contribution in [0.5, 0.6) is 5.75 Å². The van der Waals surface area contributed by atoms with Gasteiger partial charge in [0.25, 0.3) is 5.56 Å². The van der Waals surface area contributed by atoms with Crippen molar-refractivity contribution in [3.05, 3.63) is 50.4 Å². The fraction of sp³-hybridized carbons (Fsp3) is 0.400. The summed E-state index contributed by atoms with van der Waals surface area (Å²) in [6.07, 6.45) is 0. The molecule has 0 aliphatic rings. The van der Waals surface area contributed by atoms with Gasteiger partial charge in [-0.3, -0.25) is 9.36 Å². The molecule has 0 bridgehead atoms. The van der Waals surface area contributed by atoms with Crippen molar-refractivity contribution >= 4 is 17.1 Å². The van der Waals surface area contributed by atoms with Crippen molar-refractivity contribution in [3.8, 4) is 17.1 Å². The third kappa shape index (κ3) is 3.39. The number of benzene rings is 1. The molecule has 1 aromatic carbocycles. The van der Waals surface area contributed by atoms with E-state index in [1.807, 2.05) is 33.8 Å². The Morgan fingerprint density at radius 3 is 2.46 bits per heavy atom. The maximum absolute atomic E-state index is 13.2. The Balaban J connectivity index is 2.31. The Hall–Kier alpha value is -2.41. The van der Waals surface area contributed by atoms with Crippen LogP contribution in [0.2, 0.25) is 5.02 Å². The van der Waals surface area contributed by atoms with E-state index in [2.05, 4.69) is 4.74 Å². The predicted molar refractivity (Wildman–Crippen MR) is 106 cm³/mol. The van der Waals surface area contributed by atoms with E-state index in [1.165, 1.54) is 12.1 Å². The average Bonchev–Trinajstić information content (AvgIpc) is 2.95. The van der Waals surface area contributed by atoms with Crippen molar-refractivity contribution in [1.29, 1.82) is 0 Å². The molecule has 28 heavy (non-hydrogen) atoms. The van der Waals surface area contributed by atoms with Crippen molar-refractivity contribution in [2.24, 2.45) is 0 Å². The summed E-state index contributed by atoms with van der Waals surface area (Å²) in [4.78, 5) is 13.2. The number of halogens is 3. The first-order valence-electron chi connectivity index (χ1n) is 9.04. The van der Waals surface area contributed by atoms with E-state index in [4.69, 9.17) is 16.7 Å². The third-order valence-corrected chi connectivity index (χ3v) is 5.05. The molecule has 0 atom stereocenters. The Morgan fingerprint density at radius 1 is 1.21 bits per heavy atom. The zero-order chi connectivity index (χ0) is 20.7.